The summed E-state index contributed by atoms with van der Waals surface area (Å²) in [7, 11) is 0. The van der Waals surface area contributed by atoms with Crippen LogP contribution in [-0.2, 0) is 6.54 Å². The smallest absolute Gasteiger partial charge is 0.225 e. The van der Waals surface area contributed by atoms with Gasteiger partial charge >= 0.3 is 0 Å². The third kappa shape index (κ3) is 4.19. The van der Waals surface area contributed by atoms with Crippen molar-refractivity contribution in [1.82, 2.24) is 20.2 Å². The Balaban J connectivity index is 1.60. The number of anilines is 1. The molecule has 1 N–H and O–H groups in total. The number of guanidine groups is 1. The van der Waals surface area contributed by atoms with Gasteiger partial charge in [0.2, 0.25) is 5.95 Å². The molecule has 2 aromatic heterocycles. The van der Waals surface area contributed by atoms with Crippen molar-refractivity contribution in [3.63, 3.8) is 0 Å². The molecule has 0 bridgehead atoms. The van der Waals surface area contributed by atoms with Crippen LogP contribution in [0.15, 0.2) is 41.0 Å². The van der Waals surface area contributed by atoms with Gasteiger partial charge in [0.1, 0.15) is 0 Å². The van der Waals surface area contributed by atoms with Crippen molar-refractivity contribution in [1.29, 1.82) is 0 Å². The van der Waals surface area contributed by atoms with E-state index in [1.807, 2.05) is 6.07 Å². The van der Waals surface area contributed by atoms with Gasteiger partial charge in [-0.2, -0.15) is 0 Å². The molecule has 3 heterocycles. The predicted octanol–water partition coefficient (Wildman–Crippen LogP) is 1.83. The number of nitrogens with one attached hydrogen (secondary N) is 1. The second kappa shape index (κ2) is 7.92. The summed E-state index contributed by atoms with van der Waals surface area (Å²) in [4.78, 5) is 19.3. The molecule has 0 aromatic carbocycles. The molecule has 0 spiro atoms. The first-order chi connectivity index (χ1) is 11.4. The molecule has 122 valence electrons. The van der Waals surface area contributed by atoms with E-state index in [2.05, 4.69) is 49.5 Å². The summed E-state index contributed by atoms with van der Waals surface area (Å²) in [5.41, 5.74) is 0. The highest BCUT2D eigenvalue weighted by atomic mass is 32.1. The maximum absolute atomic E-state index is 4.77. The topological polar surface area (TPSA) is 56.7 Å². The molecule has 0 amide bonds. The maximum atomic E-state index is 4.77. The number of aliphatic imine (C=N–C) groups is 1. The van der Waals surface area contributed by atoms with E-state index in [4.69, 9.17) is 4.99 Å². The Labute approximate surface area is 140 Å². The Morgan fingerprint density at radius 2 is 2.00 bits per heavy atom. The number of nitrogens with zero attached hydrogens (tertiary/aromatic N) is 5. The summed E-state index contributed by atoms with van der Waals surface area (Å²) in [6, 6.07) is 6.05. The Hall–Kier alpha value is -2.15. The molecule has 0 atom stereocenters. The van der Waals surface area contributed by atoms with E-state index in [-0.39, 0.29) is 0 Å². The first-order valence-electron chi connectivity index (χ1n) is 7.94. The van der Waals surface area contributed by atoms with Crippen molar-refractivity contribution in [2.24, 2.45) is 4.99 Å². The number of aromatic nitrogens is 2. The number of hydrogen-bond donors (Lipinski definition) is 1. The van der Waals surface area contributed by atoms with E-state index in [0.29, 0.717) is 0 Å². The van der Waals surface area contributed by atoms with Crippen molar-refractivity contribution in [2.75, 3.05) is 37.6 Å². The second-order valence-corrected chi connectivity index (χ2v) is 6.30. The van der Waals surface area contributed by atoms with Crippen LogP contribution in [0, 0.1) is 0 Å². The quantitative estimate of drug-likeness (QED) is 0.685. The fraction of sp³-hybridized carbons (Fsp3) is 0.438. The van der Waals surface area contributed by atoms with E-state index >= 15 is 0 Å². The zero-order chi connectivity index (χ0) is 15.9. The number of rotatable bonds is 4. The van der Waals surface area contributed by atoms with Gasteiger partial charge in [0.15, 0.2) is 5.96 Å². The summed E-state index contributed by atoms with van der Waals surface area (Å²) < 4.78 is 0. The van der Waals surface area contributed by atoms with Crippen LogP contribution in [0.3, 0.4) is 0 Å². The maximum Gasteiger partial charge on any atom is 0.225 e. The van der Waals surface area contributed by atoms with Gasteiger partial charge < -0.3 is 15.1 Å². The average molecular weight is 330 g/mol. The molecule has 3 rings (SSSR count). The minimum absolute atomic E-state index is 0.738. The van der Waals surface area contributed by atoms with Gasteiger partial charge in [-0.3, -0.25) is 0 Å². The molecule has 23 heavy (non-hydrogen) atoms. The van der Waals surface area contributed by atoms with Crippen molar-refractivity contribution >= 4 is 23.2 Å². The highest BCUT2D eigenvalue weighted by Crippen LogP contribution is 2.12. The van der Waals surface area contributed by atoms with Crippen LogP contribution in [-0.4, -0.2) is 53.6 Å². The molecule has 7 heteroatoms. The number of piperazine rings is 1. The zero-order valence-corrected chi connectivity index (χ0v) is 14.2. The molecule has 0 saturated carbocycles. The van der Waals surface area contributed by atoms with E-state index < -0.39 is 0 Å². The van der Waals surface area contributed by atoms with Gasteiger partial charge in [-0.1, -0.05) is 6.07 Å². The van der Waals surface area contributed by atoms with Gasteiger partial charge in [0.05, 0.1) is 6.54 Å². The molecule has 1 aliphatic rings. The molecular formula is C16H22N6S. The predicted molar refractivity (Wildman–Crippen MR) is 95.0 cm³/mol. The minimum Gasteiger partial charge on any atom is -0.357 e. The van der Waals surface area contributed by atoms with Crippen LogP contribution in [0.25, 0.3) is 0 Å². The molecule has 1 aliphatic heterocycles. The molecule has 0 radical (unpaired) electrons. The van der Waals surface area contributed by atoms with E-state index in [0.717, 1.165) is 51.2 Å². The zero-order valence-electron chi connectivity index (χ0n) is 13.4. The SMILES string of the molecule is CCNC(=NCc1cccs1)N1CCN(c2ncccn2)CC1. The summed E-state index contributed by atoms with van der Waals surface area (Å²) in [5.74, 6) is 1.81. The van der Waals surface area contributed by atoms with Crippen molar-refractivity contribution in [3.8, 4) is 0 Å². The first kappa shape index (κ1) is 15.7. The van der Waals surface area contributed by atoms with Crippen LogP contribution in [0.5, 0.6) is 0 Å². The third-order valence-corrected chi connectivity index (χ3v) is 4.57. The molecule has 6 nitrogen and oxygen atoms in total. The lowest BCUT2D eigenvalue weighted by molar-refractivity contribution is 0.370. The molecule has 0 aliphatic carbocycles. The molecule has 0 unspecified atom stereocenters. The summed E-state index contributed by atoms with van der Waals surface area (Å²) >= 11 is 1.75. The Bertz CT molecular complexity index is 605. The second-order valence-electron chi connectivity index (χ2n) is 5.27. The van der Waals surface area contributed by atoms with Crippen LogP contribution in [0.2, 0.25) is 0 Å². The molecule has 1 fully saturated rings. The van der Waals surface area contributed by atoms with E-state index in [1.165, 1.54) is 4.88 Å². The molecule has 1 saturated heterocycles. The van der Waals surface area contributed by atoms with Gasteiger partial charge in [0.25, 0.3) is 0 Å². The van der Waals surface area contributed by atoms with Crippen molar-refractivity contribution < 1.29 is 0 Å². The number of hydrogen-bond acceptors (Lipinski definition) is 5. The molecule has 2 aromatic rings. The normalized spacial score (nSPS) is 15.8. The van der Waals surface area contributed by atoms with Crippen LogP contribution in [0.4, 0.5) is 5.95 Å². The third-order valence-electron chi connectivity index (χ3n) is 3.71. The first-order valence-corrected chi connectivity index (χ1v) is 8.82. The lowest BCUT2D eigenvalue weighted by Gasteiger charge is -2.36. The standard InChI is InChI=1S/C16H22N6S/c1-2-17-15(20-13-14-5-3-12-23-14)21-8-10-22(11-9-21)16-18-6-4-7-19-16/h3-7,12H,2,8-11,13H2,1H3,(H,17,20). The summed E-state index contributed by atoms with van der Waals surface area (Å²) in [6.07, 6.45) is 3.59. The van der Waals surface area contributed by atoms with Crippen LogP contribution < -0.4 is 10.2 Å². The lowest BCUT2D eigenvalue weighted by Crippen LogP contribution is -2.52. The fourth-order valence-corrected chi connectivity index (χ4v) is 3.18. The Morgan fingerprint density at radius 3 is 2.65 bits per heavy atom. The highest BCUT2D eigenvalue weighted by Gasteiger charge is 2.20. The number of thiophene rings is 1. The average Bonchev–Trinajstić information content (AvgIpc) is 3.13. The van der Waals surface area contributed by atoms with Gasteiger partial charge in [-0.15, -0.1) is 11.3 Å². The van der Waals surface area contributed by atoms with Gasteiger partial charge in [-0.25, -0.2) is 15.0 Å². The van der Waals surface area contributed by atoms with E-state index in [1.54, 1.807) is 23.7 Å². The fourth-order valence-electron chi connectivity index (χ4n) is 2.55. The van der Waals surface area contributed by atoms with Crippen molar-refractivity contribution in [2.45, 2.75) is 13.5 Å². The van der Waals surface area contributed by atoms with Gasteiger partial charge in [0, 0.05) is 50.0 Å². The Kier molecular flexibility index (Phi) is 5.42. The van der Waals surface area contributed by atoms with Crippen molar-refractivity contribution in [3.05, 3.63) is 40.8 Å². The van der Waals surface area contributed by atoms with Crippen LogP contribution >= 0.6 is 11.3 Å². The lowest BCUT2D eigenvalue weighted by atomic mass is 10.3. The largest absolute Gasteiger partial charge is 0.357 e. The summed E-state index contributed by atoms with van der Waals surface area (Å²) in [6.45, 7) is 7.39. The minimum atomic E-state index is 0.738. The molecular weight excluding hydrogens is 308 g/mol. The van der Waals surface area contributed by atoms with E-state index in [9.17, 15) is 0 Å². The highest BCUT2D eigenvalue weighted by molar-refractivity contribution is 7.09. The van der Waals surface area contributed by atoms with Gasteiger partial charge in [-0.05, 0) is 24.4 Å². The summed E-state index contributed by atoms with van der Waals surface area (Å²) in [5, 5.41) is 5.49. The van der Waals surface area contributed by atoms with Crippen LogP contribution in [0.1, 0.15) is 11.8 Å². The Morgan fingerprint density at radius 1 is 1.22 bits per heavy atom. The monoisotopic (exact) mass is 330 g/mol.